The van der Waals surface area contributed by atoms with Crippen LogP contribution >= 0.6 is 0 Å². The average Bonchev–Trinajstić information content (AvgIpc) is 2.79. The summed E-state index contributed by atoms with van der Waals surface area (Å²) in [6.07, 6.45) is 6.99. The molecule has 4 rings (SSSR count). The van der Waals surface area contributed by atoms with E-state index >= 15 is 0 Å². The molecular formula is C28H34N2OSi. The van der Waals surface area contributed by atoms with Crippen LogP contribution in [0.1, 0.15) is 50.4 Å². The molecule has 0 aliphatic carbocycles. The molecule has 0 bridgehead atoms. The quantitative estimate of drug-likeness (QED) is 0.379. The first-order chi connectivity index (χ1) is 15.3. The molecule has 0 fully saturated rings. The Morgan fingerprint density at radius 2 is 1.50 bits per heavy atom. The van der Waals surface area contributed by atoms with E-state index in [0.717, 1.165) is 12.2 Å². The van der Waals surface area contributed by atoms with Crippen LogP contribution in [0.2, 0.25) is 18.1 Å². The topological polar surface area (TPSA) is 25.4 Å². The fraction of sp³-hybridized carbons (Fsp3) is 0.321. The molecule has 2 heterocycles. The van der Waals surface area contributed by atoms with Gasteiger partial charge in [0.15, 0.2) is 0 Å². The van der Waals surface area contributed by atoms with Crippen molar-refractivity contribution in [2.24, 2.45) is 0 Å². The number of rotatable bonds is 5. The Morgan fingerprint density at radius 3 is 2.09 bits per heavy atom. The van der Waals surface area contributed by atoms with Gasteiger partial charge in [-0.15, -0.1) is 0 Å². The zero-order chi connectivity index (χ0) is 22.8. The highest BCUT2D eigenvalue weighted by Gasteiger charge is 2.41. The van der Waals surface area contributed by atoms with Gasteiger partial charge in [-0.3, -0.25) is 4.98 Å². The summed E-state index contributed by atoms with van der Waals surface area (Å²) in [6, 6.07) is 25.9. The second-order valence-corrected chi connectivity index (χ2v) is 14.8. The molecule has 1 aliphatic rings. The number of pyridine rings is 1. The van der Waals surface area contributed by atoms with Crippen molar-refractivity contribution in [1.29, 1.82) is 0 Å². The van der Waals surface area contributed by atoms with Gasteiger partial charge in [0, 0.05) is 24.5 Å². The Labute approximate surface area is 193 Å². The van der Waals surface area contributed by atoms with E-state index in [1.807, 2.05) is 18.5 Å². The third kappa shape index (κ3) is 4.65. The van der Waals surface area contributed by atoms with Crippen LogP contribution in [0, 0.1) is 0 Å². The molecule has 0 amide bonds. The highest BCUT2D eigenvalue weighted by atomic mass is 28.4. The highest BCUT2D eigenvalue weighted by Crippen LogP contribution is 2.46. The first-order valence-corrected chi connectivity index (χ1v) is 14.3. The molecular weight excluding hydrogens is 408 g/mol. The van der Waals surface area contributed by atoms with Gasteiger partial charge in [0.2, 0.25) is 8.32 Å². The van der Waals surface area contributed by atoms with Crippen LogP contribution in [0.5, 0.6) is 0 Å². The maximum atomic E-state index is 6.88. The maximum absolute atomic E-state index is 6.88. The average molecular weight is 443 g/mol. The summed E-state index contributed by atoms with van der Waals surface area (Å²) >= 11 is 0. The first kappa shape index (κ1) is 22.3. The third-order valence-corrected chi connectivity index (χ3v) is 11.2. The molecule has 0 unspecified atom stereocenters. The predicted molar refractivity (Wildman–Crippen MR) is 136 cm³/mol. The Bertz CT molecular complexity index is 1040. The fourth-order valence-corrected chi connectivity index (χ4v) is 5.18. The van der Waals surface area contributed by atoms with Crippen molar-refractivity contribution in [1.82, 2.24) is 4.98 Å². The zero-order valence-corrected chi connectivity index (χ0v) is 20.8. The molecule has 1 aromatic heterocycles. The molecule has 0 saturated heterocycles. The summed E-state index contributed by atoms with van der Waals surface area (Å²) in [7, 11) is -1.96. The standard InChI is InChI=1S/C28H34N2OSi/c1-28(2,3)32(4,5)31-25-19-26(22-13-8-6-9-14-22)30(24-16-10-7-11-17-24)27(20-25)23-15-12-18-29-21-23/h6-18,20-21,26-27H,19H2,1-5H3/t26-,27-/m1/s1. The van der Waals surface area contributed by atoms with E-state index in [2.05, 4.69) is 117 Å². The summed E-state index contributed by atoms with van der Waals surface area (Å²) in [4.78, 5) is 6.96. The van der Waals surface area contributed by atoms with Gasteiger partial charge in [0.1, 0.15) is 0 Å². The summed E-state index contributed by atoms with van der Waals surface area (Å²) < 4.78 is 6.88. The van der Waals surface area contributed by atoms with Crippen LogP contribution in [0.4, 0.5) is 5.69 Å². The summed E-state index contributed by atoms with van der Waals surface area (Å²) in [6.45, 7) is 11.5. The van der Waals surface area contributed by atoms with Gasteiger partial charge >= 0.3 is 0 Å². The number of para-hydroxylation sites is 1. The molecule has 2 aromatic carbocycles. The zero-order valence-electron chi connectivity index (χ0n) is 19.8. The molecule has 0 radical (unpaired) electrons. The molecule has 0 N–H and O–H groups in total. The van der Waals surface area contributed by atoms with Crippen LogP contribution < -0.4 is 4.90 Å². The van der Waals surface area contributed by atoms with Crippen LogP contribution in [-0.4, -0.2) is 13.3 Å². The number of benzene rings is 2. The molecule has 2 atom stereocenters. The van der Waals surface area contributed by atoms with Gasteiger partial charge in [-0.25, -0.2) is 0 Å². The minimum Gasteiger partial charge on any atom is -0.547 e. The van der Waals surface area contributed by atoms with Crippen LogP contribution in [-0.2, 0) is 4.43 Å². The number of nitrogens with zero attached hydrogens (tertiary/aromatic N) is 2. The molecule has 0 saturated carbocycles. The van der Waals surface area contributed by atoms with Crippen molar-refractivity contribution in [3.05, 3.63) is 108 Å². The lowest BCUT2D eigenvalue weighted by Gasteiger charge is -2.45. The van der Waals surface area contributed by atoms with Crippen LogP contribution in [0.15, 0.2) is 97.0 Å². The normalized spacial score (nSPS) is 19.4. The SMILES string of the molecule is CC(C)(C)[Si](C)(C)OC1=C[C@H](c2cccnc2)N(c2ccccc2)[C@@H](c2ccccc2)C1. The van der Waals surface area contributed by atoms with Crippen LogP contribution in [0.3, 0.4) is 0 Å². The molecule has 166 valence electrons. The van der Waals surface area contributed by atoms with E-state index in [1.165, 1.54) is 16.8 Å². The minimum atomic E-state index is -1.96. The largest absolute Gasteiger partial charge is 0.547 e. The predicted octanol–water partition coefficient (Wildman–Crippen LogP) is 7.68. The summed E-state index contributed by atoms with van der Waals surface area (Å²) in [5.74, 6) is 1.10. The molecule has 1 aliphatic heterocycles. The number of hydrogen-bond donors (Lipinski definition) is 0. The fourth-order valence-electron chi connectivity index (χ4n) is 4.07. The minimum absolute atomic E-state index is 0.0461. The molecule has 3 aromatic rings. The van der Waals surface area contributed by atoms with Crippen molar-refractivity contribution in [2.45, 2.75) is 57.4 Å². The smallest absolute Gasteiger partial charge is 0.250 e. The lowest BCUT2D eigenvalue weighted by Crippen LogP contribution is -2.43. The van der Waals surface area contributed by atoms with E-state index in [0.29, 0.717) is 0 Å². The number of aromatic nitrogens is 1. The van der Waals surface area contributed by atoms with Crippen molar-refractivity contribution in [3.63, 3.8) is 0 Å². The number of anilines is 1. The van der Waals surface area contributed by atoms with Crippen LogP contribution in [0.25, 0.3) is 0 Å². The molecule has 4 heteroatoms. The van der Waals surface area contributed by atoms with Gasteiger partial charge in [-0.2, -0.15) is 0 Å². The highest BCUT2D eigenvalue weighted by molar-refractivity contribution is 6.74. The Kier molecular flexibility index (Phi) is 6.25. The van der Waals surface area contributed by atoms with Gasteiger partial charge < -0.3 is 9.33 Å². The van der Waals surface area contributed by atoms with E-state index < -0.39 is 8.32 Å². The molecule has 0 spiro atoms. The van der Waals surface area contributed by atoms with E-state index in [9.17, 15) is 0 Å². The monoisotopic (exact) mass is 442 g/mol. The number of hydrogen-bond acceptors (Lipinski definition) is 3. The lowest BCUT2D eigenvalue weighted by molar-refractivity contribution is 0.333. The Balaban J connectivity index is 1.85. The first-order valence-electron chi connectivity index (χ1n) is 11.4. The van der Waals surface area contributed by atoms with Gasteiger partial charge in [0.25, 0.3) is 0 Å². The maximum Gasteiger partial charge on any atom is 0.250 e. The lowest BCUT2D eigenvalue weighted by atomic mass is 9.91. The van der Waals surface area contributed by atoms with Crippen molar-refractivity contribution in [3.8, 4) is 0 Å². The second-order valence-electron chi connectivity index (χ2n) is 10.1. The van der Waals surface area contributed by atoms with Crippen molar-refractivity contribution >= 4 is 14.0 Å². The summed E-state index contributed by atoms with van der Waals surface area (Å²) in [5.41, 5.74) is 3.68. The van der Waals surface area contributed by atoms with Crippen molar-refractivity contribution < 1.29 is 4.43 Å². The molecule has 3 nitrogen and oxygen atoms in total. The second kappa shape index (κ2) is 8.95. The third-order valence-electron chi connectivity index (χ3n) is 6.83. The van der Waals surface area contributed by atoms with Gasteiger partial charge in [-0.1, -0.05) is 75.4 Å². The van der Waals surface area contributed by atoms with Crippen molar-refractivity contribution in [2.75, 3.05) is 4.90 Å². The van der Waals surface area contributed by atoms with Gasteiger partial charge in [-0.05, 0) is 53.5 Å². The van der Waals surface area contributed by atoms with E-state index in [4.69, 9.17) is 4.43 Å². The van der Waals surface area contributed by atoms with E-state index in [1.54, 1.807) is 0 Å². The Hall–Kier alpha value is -2.85. The Morgan fingerprint density at radius 1 is 0.875 bits per heavy atom. The summed E-state index contributed by atoms with van der Waals surface area (Å²) in [5, 5.41) is 0.149. The van der Waals surface area contributed by atoms with E-state index in [-0.39, 0.29) is 17.1 Å². The molecule has 32 heavy (non-hydrogen) atoms. The van der Waals surface area contributed by atoms with Gasteiger partial charge in [0.05, 0.1) is 17.8 Å².